The standard InChI is InChI=1S/C12H19N3O4S/c1-4-15(5-2)12(16)14-10-8-9(20(13,17)18)6-7-11(10)19-3/h6-8H,4-5H2,1-3H3,(H,14,16)(H2,13,17,18). The van der Waals surface area contributed by atoms with Crippen molar-refractivity contribution in [2.45, 2.75) is 18.7 Å². The van der Waals surface area contributed by atoms with Gasteiger partial charge in [0.15, 0.2) is 0 Å². The molecular weight excluding hydrogens is 282 g/mol. The molecule has 7 nitrogen and oxygen atoms in total. The molecule has 0 aromatic heterocycles. The number of benzene rings is 1. The fourth-order valence-corrected chi connectivity index (χ4v) is 2.21. The molecule has 0 aliphatic rings. The number of primary sulfonamides is 1. The van der Waals surface area contributed by atoms with Crippen LogP contribution >= 0.6 is 0 Å². The lowest BCUT2D eigenvalue weighted by Gasteiger charge is -2.20. The highest BCUT2D eigenvalue weighted by atomic mass is 32.2. The van der Waals surface area contributed by atoms with E-state index in [0.717, 1.165) is 0 Å². The lowest BCUT2D eigenvalue weighted by molar-refractivity contribution is 0.217. The molecule has 8 heteroatoms. The zero-order valence-corrected chi connectivity index (χ0v) is 12.5. The number of hydrogen-bond donors (Lipinski definition) is 2. The zero-order chi connectivity index (χ0) is 15.3. The van der Waals surface area contributed by atoms with Gasteiger partial charge in [0.25, 0.3) is 0 Å². The second-order valence-electron chi connectivity index (χ2n) is 4.01. The number of sulfonamides is 1. The van der Waals surface area contributed by atoms with Gasteiger partial charge in [-0.2, -0.15) is 0 Å². The smallest absolute Gasteiger partial charge is 0.321 e. The fourth-order valence-electron chi connectivity index (χ4n) is 1.67. The van der Waals surface area contributed by atoms with Crippen molar-refractivity contribution in [3.63, 3.8) is 0 Å². The van der Waals surface area contributed by atoms with Crippen LogP contribution in [0.2, 0.25) is 0 Å². The van der Waals surface area contributed by atoms with Crippen molar-refractivity contribution in [3.05, 3.63) is 18.2 Å². The number of nitrogens with one attached hydrogen (secondary N) is 1. The topological polar surface area (TPSA) is 102 Å². The van der Waals surface area contributed by atoms with Crippen LogP contribution in [0.5, 0.6) is 5.75 Å². The molecule has 0 heterocycles. The van der Waals surface area contributed by atoms with E-state index in [4.69, 9.17) is 9.88 Å². The van der Waals surface area contributed by atoms with Crippen LogP contribution in [0.1, 0.15) is 13.8 Å². The molecule has 1 rings (SSSR count). The van der Waals surface area contributed by atoms with Crippen LogP contribution in [-0.4, -0.2) is 39.5 Å². The maximum Gasteiger partial charge on any atom is 0.321 e. The van der Waals surface area contributed by atoms with Crippen molar-refractivity contribution < 1.29 is 17.9 Å². The molecule has 1 aromatic rings. The lowest BCUT2D eigenvalue weighted by Crippen LogP contribution is -2.34. The number of rotatable bonds is 5. The van der Waals surface area contributed by atoms with Crippen LogP contribution in [0.15, 0.2) is 23.1 Å². The van der Waals surface area contributed by atoms with Crippen LogP contribution in [0.25, 0.3) is 0 Å². The van der Waals surface area contributed by atoms with Crippen molar-refractivity contribution >= 4 is 21.7 Å². The average molecular weight is 301 g/mol. The predicted molar refractivity (Wildman–Crippen MR) is 76.3 cm³/mol. The lowest BCUT2D eigenvalue weighted by atomic mass is 10.3. The maximum atomic E-state index is 12.0. The number of ether oxygens (including phenoxy) is 1. The molecule has 0 unspecified atom stereocenters. The summed E-state index contributed by atoms with van der Waals surface area (Å²) in [7, 11) is -2.41. The summed E-state index contributed by atoms with van der Waals surface area (Å²) in [6, 6.07) is 3.70. The molecule has 0 atom stereocenters. The molecule has 0 aliphatic carbocycles. The summed E-state index contributed by atoms with van der Waals surface area (Å²) >= 11 is 0. The van der Waals surface area contributed by atoms with Crippen molar-refractivity contribution in [1.82, 2.24) is 4.90 Å². The Morgan fingerprint density at radius 2 is 1.95 bits per heavy atom. The number of nitrogens with zero attached hydrogens (tertiary/aromatic N) is 1. The third kappa shape index (κ3) is 3.84. The van der Waals surface area contributed by atoms with Gasteiger partial charge in [-0.25, -0.2) is 18.4 Å². The minimum Gasteiger partial charge on any atom is -0.495 e. The second kappa shape index (κ2) is 6.58. The number of hydrogen-bond acceptors (Lipinski definition) is 4. The summed E-state index contributed by atoms with van der Waals surface area (Å²) in [6.07, 6.45) is 0. The molecule has 112 valence electrons. The van der Waals surface area contributed by atoms with Crippen LogP contribution in [0, 0.1) is 0 Å². The average Bonchev–Trinajstić information content (AvgIpc) is 2.39. The minimum atomic E-state index is -3.84. The van der Waals surface area contributed by atoms with Crippen molar-refractivity contribution in [2.24, 2.45) is 5.14 Å². The van der Waals surface area contributed by atoms with Gasteiger partial charge in [0.05, 0.1) is 17.7 Å². The third-order valence-corrected chi connectivity index (χ3v) is 3.70. The van der Waals surface area contributed by atoms with Gasteiger partial charge in [0, 0.05) is 13.1 Å². The molecule has 0 saturated heterocycles. The Labute approximate surface area is 118 Å². The van der Waals surface area contributed by atoms with Gasteiger partial charge in [-0.05, 0) is 32.0 Å². The number of carbonyl (C=O) groups is 1. The Kier molecular flexibility index (Phi) is 5.34. The first-order chi connectivity index (χ1) is 9.33. The van der Waals surface area contributed by atoms with Gasteiger partial charge in [-0.15, -0.1) is 0 Å². The summed E-state index contributed by atoms with van der Waals surface area (Å²) in [5.74, 6) is 0.359. The highest BCUT2D eigenvalue weighted by Crippen LogP contribution is 2.27. The van der Waals surface area contributed by atoms with Gasteiger partial charge in [-0.3, -0.25) is 0 Å². The van der Waals surface area contributed by atoms with Crippen molar-refractivity contribution in [3.8, 4) is 5.75 Å². The molecule has 3 N–H and O–H groups in total. The number of amides is 2. The van der Waals surface area contributed by atoms with Crippen LogP contribution in [0.4, 0.5) is 10.5 Å². The Morgan fingerprint density at radius 1 is 1.35 bits per heavy atom. The van der Waals surface area contributed by atoms with E-state index in [1.807, 2.05) is 13.8 Å². The zero-order valence-electron chi connectivity index (χ0n) is 11.7. The van der Waals surface area contributed by atoms with Crippen LogP contribution in [-0.2, 0) is 10.0 Å². The van der Waals surface area contributed by atoms with E-state index in [1.54, 1.807) is 4.90 Å². The Bertz CT molecular complexity index is 582. The van der Waals surface area contributed by atoms with Crippen molar-refractivity contribution in [1.29, 1.82) is 0 Å². The molecule has 0 spiro atoms. The summed E-state index contributed by atoms with van der Waals surface area (Å²) in [4.78, 5) is 13.5. The molecule has 0 radical (unpaired) electrons. The predicted octanol–water partition coefficient (Wildman–Crippen LogP) is 1.22. The quantitative estimate of drug-likeness (QED) is 0.853. The first kappa shape index (κ1) is 16.3. The minimum absolute atomic E-state index is 0.0897. The molecule has 0 bridgehead atoms. The highest BCUT2D eigenvalue weighted by Gasteiger charge is 2.16. The van der Waals surface area contributed by atoms with E-state index < -0.39 is 10.0 Å². The normalized spacial score (nSPS) is 11.0. The van der Waals surface area contributed by atoms with Gasteiger partial charge in [0.2, 0.25) is 10.0 Å². The van der Waals surface area contributed by atoms with Gasteiger partial charge < -0.3 is 15.0 Å². The van der Waals surface area contributed by atoms with E-state index in [1.165, 1.54) is 25.3 Å². The second-order valence-corrected chi connectivity index (χ2v) is 5.57. The molecular formula is C12H19N3O4S. The summed E-state index contributed by atoms with van der Waals surface area (Å²) < 4.78 is 27.8. The highest BCUT2D eigenvalue weighted by molar-refractivity contribution is 7.89. The molecule has 0 saturated carbocycles. The van der Waals surface area contributed by atoms with Gasteiger partial charge >= 0.3 is 6.03 Å². The Hall–Kier alpha value is -1.80. The molecule has 2 amide bonds. The van der Waals surface area contributed by atoms with E-state index in [0.29, 0.717) is 18.8 Å². The van der Waals surface area contributed by atoms with Crippen molar-refractivity contribution in [2.75, 3.05) is 25.5 Å². The SMILES string of the molecule is CCN(CC)C(=O)Nc1cc(S(N)(=O)=O)ccc1OC. The first-order valence-corrected chi connectivity index (χ1v) is 7.64. The van der Waals surface area contributed by atoms with E-state index in [-0.39, 0.29) is 16.6 Å². The fraction of sp³-hybridized carbons (Fsp3) is 0.417. The molecule has 20 heavy (non-hydrogen) atoms. The number of urea groups is 1. The first-order valence-electron chi connectivity index (χ1n) is 6.10. The van der Waals surface area contributed by atoms with Gasteiger partial charge in [0.1, 0.15) is 5.75 Å². The number of anilines is 1. The summed E-state index contributed by atoms with van der Waals surface area (Å²) in [6.45, 7) is 4.78. The monoisotopic (exact) mass is 301 g/mol. The van der Waals surface area contributed by atoms with Crippen LogP contribution < -0.4 is 15.2 Å². The van der Waals surface area contributed by atoms with E-state index in [2.05, 4.69) is 5.32 Å². The Morgan fingerprint density at radius 3 is 2.40 bits per heavy atom. The molecule has 0 aliphatic heterocycles. The van der Waals surface area contributed by atoms with Crippen LogP contribution in [0.3, 0.4) is 0 Å². The van der Waals surface area contributed by atoms with E-state index >= 15 is 0 Å². The summed E-state index contributed by atoms with van der Waals surface area (Å²) in [5, 5.41) is 7.69. The number of nitrogens with two attached hydrogens (primary N) is 1. The largest absolute Gasteiger partial charge is 0.495 e. The molecule has 0 fully saturated rings. The van der Waals surface area contributed by atoms with E-state index in [9.17, 15) is 13.2 Å². The molecule has 1 aromatic carbocycles. The summed E-state index contributed by atoms with van der Waals surface area (Å²) in [5.41, 5.74) is 0.260. The maximum absolute atomic E-state index is 12.0. The Balaban J connectivity index is 3.12. The third-order valence-electron chi connectivity index (χ3n) is 2.79. The van der Waals surface area contributed by atoms with Gasteiger partial charge in [-0.1, -0.05) is 0 Å². The number of carbonyl (C=O) groups excluding carboxylic acids is 1. The number of methoxy groups -OCH3 is 1.